The average molecular weight is 702 g/mol. The van der Waals surface area contributed by atoms with Crippen LogP contribution in [0, 0.1) is 0 Å². The molecule has 0 radical (unpaired) electrons. The number of aliphatic hydroxyl groups is 2. The Morgan fingerprint density at radius 3 is 2.55 bits per heavy atom. The zero-order valence-electron chi connectivity index (χ0n) is 27.2. The third-order valence-corrected chi connectivity index (χ3v) is 10.7. The molecule has 2 aromatic carbocycles. The number of carbonyl (C=O) groups is 3. The quantitative estimate of drug-likeness (QED) is 0.167. The van der Waals surface area contributed by atoms with Crippen molar-refractivity contribution in [1.82, 2.24) is 4.90 Å². The zero-order valence-corrected chi connectivity index (χ0v) is 28.1. The van der Waals surface area contributed by atoms with Gasteiger partial charge >= 0.3 is 0 Å². The van der Waals surface area contributed by atoms with Crippen molar-refractivity contribution in [3.8, 4) is 17.2 Å². The minimum absolute atomic E-state index is 0.0338. The fourth-order valence-electron chi connectivity index (χ4n) is 8.22. The van der Waals surface area contributed by atoms with Crippen molar-refractivity contribution >= 4 is 30.0 Å². The van der Waals surface area contributed by atoms with Crippen molar-refractivity contribution in [3.05, 3.63) is 51.6 Å². The molecule has 49 heavy (non-hydrogen) atoms. The van der Waals surface area contributed by atoms with Crippen LogP contribution in [0.5, 0.6) is 17.2 Å². The first-order chi connectivity index (χ1) is 23.5. The van der Waals surface area contributed by atoms with E-state index in [0.29, 0.717) is 18.8 Å². The number of hydrogen-bond acceptors (Lipinski definition) is 15. The maximum Gasteiger partial charge on any atom is 0.202 e. The Hall–Kier alpha value is -3.12. The summed E-state index contributed by atoms with van der Waals surface area (Å²) in [5.74, 6) is -3.03. The number of Topliss-reactive ketones (excluding diaryl/α,β-unsaturated/α-hetero) is 1. The first-order valence-electron chi connectivity index (χ1n) is 16.2. The van der Waals surface area contributed by atoms with E-state index in [1.807, 2.05) is 6.92 Å². The number of aromatic hydroxyl groups is 2. The van der Waals surface area contributed by atoms with Crippen LogP contribution in [-0.4, -0.2) is 125 Å². The SMILES string of the molecule is COc1cccc2c1C(=O)c1c(O)c3c(c(O)c1C2=O)C[C@@](O)(C(=O)CO)C[C@@H]3O[C@H]1C[C@H]2[C@H](O[C@@H]3[C@@H](OC)OCC(CCS)N32)[C@H](C)O1. The second kappa shape index (κ2) is 12.9. The monoisotopic (exact) mass is 701 g/mol. The Kier molecular flexibility index (Phi) is 9.03. The van der Waals surface area contributed by atoms with Gasteiger partial charge in [0.05, 0.1) is 42.6 Å². The Labute approximate surface area is 287 Å². The molecule has 5 aliphatic rings. The lowest BCUT2D eigenvalue weighted by atomic mass is 9.72. The molecule has 4 N–H and O–H groups in total. The molecule has 2 aliphatic carbocycles. The summed E-state index contributed by atoms with van der Waals surface area (Å²) in [6.07, 6.45) is -4.33. The molecule has 3 fully saturated rings. The Bertz CT molecular complexity index is 1700. The van der Waals surface area contributed by atoms with Crippen molar-refractivity contribution in [1.29, 1.82) is 0 Å². The first kappa shape index (κ1) is 34.3. The number of methoxy groups -OCH3 is 2. The molecule has 1 unspecified atom stereocenters. The fraction of sp³-hybridized carbons (Fsp3) is 0.559. The number of morpholine rings is 1. The van der Waals surface area contributed by atoms with E-state index in [1.165, 1.54) is 25.3 Å². The molecule has 14 nitrogen and oxygen atoms in total. The number of ether oxygens (including phenoxy) is 6. The molecule has 0 aromatic heterocycles. The van der Waals surface area contributed by atoms with Crippen LogP contribution in [0.15, 0.2) is 18.2 Å². The summed E-state index contributed by atoms with van der Waals surface area (Å²) < 4.78 is 36.0. The number of nitrogens with zero attached hydrogens (tertiary/aromatic N) is 1. The maximum atomic E-state index is 14.0. The highest BCUT2D eigenvalue weighted by molar-refractivity contribution is 7.80. The lowest BCUT2D eigenvalue weighted by Crippen LogP contribution is -2.59. The van der Waals surface area contributed by atoms with Crippen LogP contribution >= 0.6 is 12.6 Å². The van der Waals surface area contributed by atoms with Crippen molar-refractivity contribution in [3.63, 3.8) is 0 Å². The third-order valence-electron chi connectivity index (χ3n) is 10.5. The van der Waals surface area contributed by atoms with E-state index in [1.54, 1.807) is 7.11 Å². The topological polar surface area (TPSA) is 191 Å². The average Bonchev–Trinajstić information content (AvgIpc) is 3.48. The van der Waals surface area contributed by atoms with Gasteiger partial charge < -0.3 is 48.8 Å². The van der Waals surface area contributed by atoms with Gasteiger partial charge in [-0.1, -0.05) is 12.1 Å². The summed E-state index contributed by atoms with van der Waals surface area (Å²) in [4.78, 5) is 42.9. The molecule has 0 spiro atoms. The number of carbonyl (C=O) groups excluding carboxylic acids is 3. The van der Waals surface area contributed by atoms with E-state index in [-0.39, 0.29) is 52.6 Å². The van der Waals surface area contributed by atoms with Gasteiger partial charge in [-0.25, -0.2) is 0 Å². The van der Waals surface area contributed by atoms with Crippen LogP contribution < -0.4 is 4.74 Å². The molecule has 0 saturated carbocycles. The van der Waals surface area contributed by atoms with Crippen molar-refractivity contribution in [2.75, 3.05) is 33.2 Å². The van der Waals surface area contributed by atoms with Gasteiger partial charge in [-0.05, 0) is 25.2 Å². The minimum atomic E-state index is -2.24. The molecule has 3 heterocycles. The number of hydrogen-bond donors (Lipinski definition) is 5. The Balaban J connectivity index is 1.29. The number of phenolic OH excluding ortho intramolecular Hbond substituents is 2. The highest BCUT2D eigenvalue weighted by Gasteiger charge is 2.57. The molecular weight excluding hydrogens is 662 g/mol. The molecule has 9 atom stereocenters. The molecule has 3 saturated heterocycles. The Morgan fingerprint density at radius 1 is 1.10 bits per heavy atom. The molecular formula is C34H39NO13S. The van der Waals surface area contributed by atoms with E-state index in [4.69, 9.17) is 28.4 Å². The summed E-state index contributed by atoms with van der Waals surface area (Å²) in [5, 5.41) is 44.8. The van der Waals surface area contributed by atoms with Gasteiger partial charge in [0, 0.05) is 55.1 Å². The summed E-state index contributed by atoms with van der Waals surface area (Å²) >= 11 is 4.44. The van der Waals surface area contributed by atoms with Gasteiger partial charge in [-0.15, -0.1) is 0 Å². The van der Waals surface area contributed by atoms with E-state index in [9.17, 15) is 34.8 Å². The van der Waals surface area contributed by atoms with Crippen LogP contribution in [0.1, 0.15) is 75.3 Å². The number of benzene rings is 2. The zero-order chi connectivity index (χ0) is 34.9. The van der Waals surface area contributed by atoms with Crippen LogP contribution in [0.4, 0.5) is 0 Å². The van der Waals surface area contributed by atoms with Crippen molar-refractivity contribution < 1.29 is 63.2 Å². The number of phenols is 2. The smallest absolute Gasteiger partial charge is 0.202 e. The summed E-state index contributed by atoms with van der Waals surface area (Å²) in [6, 6.07) is 4.18. The summed E-state index contributed by atoms with van der Waals surface area (Å²) in [7, 11) is 2.89. The van der Waals surface area contributed by atoms with Gasteiger partial charge in [0.15, 0.2) is 30.4 Å². The number of ketones is 3. The number of fused-ring (bicyclic) bond motifs is 6. The van der Waals surface area contributed by atoms with Crippen molar-refractivity contribution in [2.45, 2.75) is 87.4 Å². The second-order valence-corrected chi connectivity index (χ2v) is 13.6. The van der Waals surface area contributed by atoms with Gasteiger partial charge in [-0.2, -0.15) is 12.6 Å². The van der Waals surface area contributed by atoms with Crippen LogP contribution in [0.3, 0.4) is 0 Å². The number of aliphatic hydroxyl groups excluding tert-OH is 1. The Morgan fingerprint density at radius 2 is 1.86 bits per heavy atom. The van der Waals surface area contributed by atoms with E-state index in [0.717, 1.165) is 0 Å². The predicted molar refractivity (Wildman–Crippen MR) is 171 cm³/mol. The summed E-state index contributed by atoms with van der Waals surface area (Å²) in [5.41, 5.74) is -3.47. The molecule has 264 valence electrons. The van der Waals surface area contributed by atoms with E-state index < -0.39 is 96.0 Å². The van der Waals surface area contributed by atoms with Crippen LogP contribution in [-0.2, 0) is 34.9 Å². The van der Waals surface area contributed by atoms with Gasteiger partial charge in [-0.3, -0.25) is 19.3 Å². The van der Waals surface area contributed by atoms with Crippen LogP contribution in [0.25, 0.3) is 0 Å². The standard InChI is InChI=1S/C34H39NO13S/c1-14-31-18(35-15(7-8-49)13-45-33(44-3)32(35)48-31)9-22(46-14)47-20-11-34(42,21(37)12-36)10-17-24(20)30(41)26-25(28(17)39)27(38)16-5-4-6-19(43-2)23(16)29(26)40/h4-6,14-15,18,20,22,31-33,36,39,41-42,49H,7-13H2,1-3H3/t14-,15?,18-,20-,22-,31+,32+,33-,34-/m0/s1. The molecule has 7 rings (SSSR count). The third kappa shape index (κ3) is 5.29. The first-order valence-corrected chi connectivity index (χ1v) is 16.8. The highest BCUT2D eigenvalue weighted by atomic mass is 32.1. The molecule has 0 amide bonds. The second-order valence-electron chi connectivity index (χ2n) is 13.1. The maximum absolute atomic E-state index is 14.0. The minimum Gasteiger partial charge on any atom is -0.507 e. The lowest BCUT2D eigenvalue weighted by Gasteiger charge is -2.45. The van der Waals surface area contributed by atoms with Crippen molar-refractivity contribution in [2.24, 2.45) is 0 Å². The van der Waals surface area contributed by atoms with Gasteiger partial charge in [0.1, 0.15) is 35.6 Å². The number of rotatable bonds is 8. The fourth-order valence-corrected chi connectivity index (χ4v) is 8.52. The molecule has 15 heteroatoms. The molecule has 2 aromatic rings. The van der Waals surface area contributed by atoms with Gasteiger partial charge in [0.25, 0.3) is 0 Å². The molecule has 3 aliphatic heterocycles. The van der Waals surface area contributed by atoms with E-state index >= 15 is 0 Å². The lowest BCUT2D eigenvalue weighted by molar-refractivity contribution is -0.262. The highest BCUT2D eigenvalue weighted by Crippen LogP contribution is 2.53. The summed E-state index contributed by atoms with van der Waals surface area (Å²) in [6.45, 7) is 1.22. The number of thiol groups is 1. The largest absolute Gasteiger partial charge is 0.507 e. The molecule has 0 bridgehead atoms. The van der Waals surface area contributed by atoms with Crippen LogP contribution in [0.2, 0.25) is 0 Å². The normalized spacial score (nSPS) is 33.7. The van der Waals surface area contributed by atoms with Gasteiger partial charge in [0.2, 0.25) is 5.78 Å². The predicted octanol–water partition coefficient (Wildman–Crippen LogP) is 1.40. The van der Waals surface area contributed by atoms with E-state index in [2.05, 4.69) is 17.5 Å².